The van der Waals surface area contributed by atoms with Crippen LogP contribution in [0.1, 0.15) is 0 Å². The van der Waals surface area contributed by atoms with Gasteiger partial charge in [0, 0.05) is 5.69 Å². The first-order valence-electron chi connectivity index (χ1n) is 6.77. The van der Waals surface area contributed by atoms with Gasteiger partial charge < -0.3 is 10.1 Å². The van der Waals surface area contributed by atoms with Gasteiger partial charge in [-0.3, -0.25) is 9.52 Å². The van der Waals surface area contributed by atoms with Crippen molar-refractivity contribution in [1.29, 1.82) is 0 Å². The first-order chi connectivity index (χ1) is 11.6. The minimum absolute atomic E-state index is 0.182. The molecule has 10 heteroatoms. The molecule has 0 aliphatic heterocycles. The van der Waals surface area contributed by atoms with Crippen molar-refractivity contribution in [2.75, 3.05) is 17.1 Å². The third-order valence-electron chi connectivity index (χ3n) is 3.03. The standard InChI is InChI=1S/C15H13F3N2O4S/c1-24-13-5-3-2-4-12(13)20-25(22,23)11-8-6-10(7-9-11)19-14(21)15(16,17)18/h2-9,20H,1H3,(H,19,21). The van der Waals surface area contributed by atoms with Gasteiger partial charge in [0.1, 0.15) is 5.75 Å². The summed E-state index contributed by atoms with van der Waals surface area (Å²) in [6.45, 7) is 0. The third-order valence-corrected chi connectivity index (χ3v) is 4.41. The van der Waals surface area contributed by atoms with Gasteiger partial charge in [-0.2, -0.15) is 13.2 Å². The van der Waals surface area contributed by atoms with Crippen LogP contribution in [-0.4, -0.2) is 27.6 Å². The van der Waals surface area contributed by atoms with Crippen LogP contribution in [0.4, 0.5) is 24.5 Å². The van der Waals surface area contributed by atoms with Crippen molar-refractivity contribution in [3.05, 3.63) is 48.5 Å². The number of halogens is 3. The van der Waals surface area contributed by atoms with E-state index < -0.39 is 22.1 Å². The summed E-state index contributed by atoms with van der Waals surface area (Å²) in [5.41, 5.74) is 0.0259. The van der Waals surface area contributed by atoms with E-state index in [4.69, 9.17) is 4.74 Å². The molecule has 134 valence electrons. The summed E-state index contributed by atoms with van der Waals surface area (Å²) in [5, 5.41) is 1.63. The Morgan fingerprint density at radius 2 is 1.64 bits per heavy atom. The third kappa shape index (κ3) is 4.63. The lowest BCUT2D eigenvalue weighted by Crippen LogP contribution is -2.29. The number of nitrogens with one attached hydrogen (secondary N) is 2. The number of amides is 1. The normalized spacial score (nSPS) is 11.7. The summed E-state index contributed by atoms with van der Waals surface area (Å²) >= 11 is 0. The van der Waals surface area contributed by atoms with Crippen molar-refractivity contribution in [2.24, 2.45) is 0 Å². The number of carbonyl (C=O) groups is 1. The van der Waals surface area contributed by atoms with Gasteiger partial charge in [-0.15, -0.1) is 0 Å². The Bertz CT molecular complexity index is 865. The molecule has 0 unspecified atom stereocenters. The molecule has 0 aliphatic carbocycles. The number of hydrogen-bond donors (Lipinski definition) is 2. The summed E-state index contributed by atoms with van der Waals surface area (Å²) in [6, 6.07) is 10.6. The van der Waals surface area contributed by atoms with Gasteiger partial charge in [0.25, 0.3) is 10.0 Å². The predicted octanol–water partition coefficient (Wildman–Crippen LogP) is 3.00. The first-order valence-corrected chi connectivity index (χ1v) is 8.26. The van der Waals surface area contributed by atoms with Crippen LogP contribution >= 0.6 is 0 Å². The van der Waals surface area contributed by atoms with Crippen LogP contribution in [0.5, 0.6) is 5.75 Å². The van der Waals surface area contributed by atoms with E-state index in [-0.39, 0.29) is 16.3 Å². The number of anilines is 2. The number of methoxy groups -OCH3 is 1. The van der Waals surface area contributed by atoms with Gasteiger partial charge in [0.2, 0.25) is 0 Å². The van der Waals surface area contributed by atoms with Gasteiger partial charge in [-0.1, -0.05) is 12.1 Å². The van der Waals surface area contributed by atoms with E-state index in [9.17, 15) is 26.4 Å². The number of rotatable bonds is 5. The van der Waals surface area contributed by atoms with Crippen LogP contribution in [-0.2, 0) is 14.8 Å². The van der Waals surface area contributed by atoms with Crippen molar-refractivity contribution in [1.82, 2.24) is 0 Å². The van der Waals surface area contributed by atoms with Crippen molar-refractivity contribution < 1.29 is 31.1 Å². The number of ether oxygens (including phenoxy) is 1. The molecule has 0 spiro atoms. The maximum absolute atomic E-state index is 12.3. The smallest absolute Gasteiger partial charge is 0.471 e. The molecule has 0 atom stereocenters. The lowest BCUT2D eigenvalue weighted by molar-refractivity contribution is -0.167. The van der Waals surface area contributed by atoms with Crippen LogP contribution in [0.25, 0.3) is 0 Å². The van der Waals surface area contributed by atoms with Crippen molar-refractivity contribution in [2.45, 2.75) is 11.1 Å². The number of alkyl halides is 3. The quantitative estimate of drug-likeness (QED) is 0.843. The Morgan fingerprint density at radius 1 is 1.04 bits per heavy atom. The molecule has 1 amide bonds. The lowest BCUT2D eigenvalue weighted by Gasteiger charge is -2.12. The average Bonchev–Trinajstić information content (AvgIpc) is 2.54. The highest BCUT2D eigenvalue weighted by Crippen LogP contribution is 2.26. The zero-order valence-electron chi connectivity index (χ0n) is 12.8. The highest BCUT2D eigenvalue weighted by molar-refractivity contribution is 7.92. The molecule has 0 heterocycles. The van der Waals surface area contributed by atoms with Crippen molar-refractivity contribution in [3.8, 4) is 5.75 Å². The number of carbonyl (C=O) groups excluding carboxylic acids is 1. The van der Waals surface area contributed by atoms with Crippen molar-refractivity contribution >= 4 is 27.3 Å². The molecule has 0 saturated heterocycles. The van der Waals surface area contributed by atoms with E-state index in [1.54, 1.807) is 23.5 Å². The second-order valence-corrected chi connectivity index (χ2v) is 6.46. The second-order valence-electron chi connectivity index (χ2n) is 4.78. The summed E-state index contributed by atoms with van der Waals surface area (Å²) in [6.07, 6.45) is -5.03. The Kier molecular flexibility index (Phi) is 5.21. The zero-order chi connectivity index (χ0) is 18.7. The van der Waals surface area contributed by atoms with E-state index in [0.29, 0.717) is 5.75 Å². The first kappa shape index (κ1) is 18.6. The Hall–Kier alpha value is -2.75. The minimum atomic E-state index is -5.03. The summed E-state index contributed by atoms with van der Waals surface area (Å²) < 4.78 is 68.6. The van der Waals surface area contributed by atoms with E-state index in [1.807, 2.05) is 0 Å². The Morgan fingerprint density at radius 3 is 2.20 bits per heavy atom. The lowest BCUT2D eigenvalue weighted by atomic mass is 10.3. The predicted molar refractivity (Wildman–Crippen MR) is 84.9 cm³/mol. The van der Waals surface area contributed by atoms with Crippen LogP contribution in [0.2, 0.25) is 0 Å². The topological polar surface area (TPSA) is 84.5 Å². The van der Waals surface area contributed by atoms with E-state index in [2.05, 4.69) is 4.72 Å². The van der Waals surface area contributed by atoms with Crippen LogP contribution in [0.15, 0.2) is 53.4 Å². The number of hydrogen-bond acceptors (Lipinski definition) is 4. The fourth-order valence-electron chi connectivity index (χ4n) is 1.85. The number of benzene rings is 2. The average molecular weight is 374 g/mol. The van der Waals surface area contributed by atoms with Crippen LogP contribution in [0.3, 0.4) is 0 Å². The summed E-state index contributed by atoms with van der Waals surface area (Å²) in [4.78, 5) is 10.7. The maximum atomic E-state index is 12.3. The summed E-state index contributed by atoms with van der Waals surface area (Å²) in [7, 11) is -2.60. The molecule has 0 aliphatic rings. The number of para-hydroxylation sites is 2. The number of sulfonamides is 1. The highest BCUT2D eigenvalue weighted by atomic mass is 32.2. The molecule has 2 rings (SSSR count). The second kappa shape index (κ2) is 7.01. The molecule has 0 bridgehead atoms. The molecule has 25 heavy (non-hydrogen) atoms. The van der Waals surface area contributed by atoms with Crippen LogP contribution in [0, 0.1) is 0 Å². The minimum Gasteiger partial charge on any atom is -0.495 e. The Balaban J connectivity index is 2.19. The van der Waals surface area contributed by atoms with Crippen molar-refractivity contribution in [3.63, 3.8) is 0 Å². The molecule has 0 saturated carbocycles. The molecule has 2 aromatic rings. The molecule has 2 N–H and O–H groups in total. The molecule has 0 aromatic heterocycles. The molecule has 0 radical (unpaired) electrons. The fraction of sp³-hybridized carbons (Fsp3) is 0.133. The van der Waals surface area contributed by atoms with Crippen LogP contribution < -0.4 is 14.8 Å². The van der Waals surface area contributed by atoms with Gasteiger partial charge in [0.15, 0.2) is 0 Å². The maximum Gasteiger partial charge on any atom is 0.471 e. The highest BCUT2D eigenvalue weighted by Gasteiger charge is 2.38. The SMILES string of the molecule is COc1ccccc1NS(=O)(=O)c1ccc(NC(=O)C(F)(F)F)cc1. The monoisotopic (exact) mass is 374 g/mol. The molecule has 0 fully saturated rings. The molecule has 6 nitrogen and oxygen atoms in total. The van der Waals surface area contributed by atoms with Gasteiger partial charge in [0.05, 0.1) is 17.7 Å². The largest absolute Gasteiger partial charge is 0.495 e. The zero-order valence-corrected chi connectivity index (χ0v) is 13.6. The van der Waals surface area contributed by atoms with E-state index >= 15 is 0 Å². The Labute approximate surface area is 141 Å². The van der Waals surface area contributed by atoms with Gasteiger partial charge in [-0.05, 0) is 36.4 Å². The van der Waals surface area contributed by atoms with E-state index in [1.165, 1.54) is 13.2 Å². The molecule has 2 aromatic carbocycles. The molecular weight excluding hydrogens is 361 g/mol. The molecular formula is C15H13F3N2O4S. The van der Waals surface area contributed by atoms with Gasteiger partial charge in [-0.25, -0.2) is 8.42 Å². The fourth-order valence-corrected chi connectivity index (χ4v) is 2.92. The summed E-state index contributed by atoms with van der Waals surface area (Å²) in [5.74, 6) is -1.84. The van der Waals surface area contributed by atoms with Gasteiger partial charge >= 0.3 is 12.1 Å². The van der Waals surface area contributed by atoms with E-state index in [0.717, 1.165) is 24.3 Å².